The summed E-state index contributed by atoms with van der Waals surface area (Å²) in [7, 11) is -2.05. The van der Waals surface area contributed by atoms with Crippen molar-refractivity contribution < 1.29 is 26.9 Å². The predicted molar refractivity (Wildman–Crippen MR) is 102 cm³/mol. The lowest BCUT2D eigenvalue weighted by Gasteiger charge is -2.38. The number of hydrogen-bond acceptors (Lipinski definition) is 2. The van der Waals surface area contributed by atoms with Crippen molar-refractivity contribution in [3.05, 3.63) is 65.0 Å². The van der Waals surface area contributed by atoms with Crippen LogP contribution < -0.4 is 0 Å². The maximum atomic E-state index is 13.8. The van der Waals surface area contributed by atoms with Crippen LogP contribution >= 0.6 is 0 Å². The molecule has 0 aliphatic rings. The van der Waals surface area contributed by atoms with Crippen molar-refractivity contribution >= 4 is 10.8 Å². The first-order chi connectivity index (χ1) is 12.7. The molecule has 2 aromatic carbocycles. The molecule has 7 heteroatoms. The molecule has 0 bridgehead atoms. The first-order valence-corrected chi connectivity index (χ1v) is 10.1. The predicted octanol–water partition coefficient (Wildman–Crippen LogP) is 5.21. The van der Waals surface area contributed by atoms with Gasteiger partial charge in [0.05, 0.1) is 16.6 Å². The summed E-state index contributed by atoms with van der Waals surface area (Å²) in [6, 6.07) is 10.2. The molecule has 0 fully saturated rings. The molecule has 2 atom stereocenters. The van der Waals surface area contributed by atoms with E-state index in [-0.39, 0.29) is 4.90 Å². The third kappa shape index (κ3) is 5.00. The molecule has 154 valence electrons. The van der Waals surface area contributed by atoms with Crippen molar-refractivity contribution in [2.75, 3.05) is 5.75 Å². The van der Waals surface area contributed by atoms with E-state index >= 15 is 0 Å². The van der Waals surface area contributed by atoms with E-state index in [1.165, 1.54) is 44.2 Å². The van der Waals surface area contributed by atoms with E-state index in [0.29, 0.717) is 11.1 Å². The maximum Gasteiger partial charge on any atom is 0.418 e. The number of rotatable bonds is 6. The van der Waals surface area contributed by atoms with Crippen molar-refractivity contribution in [2.24, 2.45) is 0 Å². The zero-order valence-electron chi connectivity index (χ0n) is 16.2. The highest BCUT2D eigenvalue weighted by Crippen LogP contribution is 2.43. The first kappa shape index (κ1) is 22.6. The molecule has 0 spiro atoms. The van der Waals surface area contributed by atoms with Gasteiger partial charge in [-0.2, -0.15) is 13.2 Å². The number of hydrogen-bond donors (Lipinski definition) is 1. The van der Waals surface area contributed by atoms with Crippen molar-refractivity contribution in [2.45, 2.75) is 56.2 Å². The summed E-state index contributed by atoms with van der Waals surface area (Å²) in [5, 5.41) is 10.6. The molecule has 2 nitrogen and oxygen atoms in total. The zero-order valence-corrected chi connectivity index (χ0v) is 17.0. The van der Waals surface area contributed by atoms with Gasteiger partial charge in [-0.1, -0.05) is 37.6 Å². The Morgan fingerprint density at radius 2 is 1.57 bits per heavy atom. The Balaban J connectivity index is 2.38. The highest BCUT2D eigenvalue weighted by Gasteiger charge is 2.57. The molecule has 28 heavy (non-hydrogen) atoms. The molecule has 2 rings (SSSR count). The van der Waals surface area contributed by atoms with Crippen LogP contribution in [0, 0.1) is 19.7 Å². The monoisotopic (exact) mass is 416 g/mol. The number of aliphatic hydroxyl groups is 1. The lowest BCUT2D eigenvalue weighted by Crippen LogP contribution is -2.53. The van der Waals surface area contributed by atoms with Gasteiger partial charge in [0.15, 0.2) is 5.60 Å². The second-order valence-electron chi connectivity index (χ2n) is 7.85. The van der Waals surface area contributed by atoms with E-state index < -0.39 is 46.0 Å². The van der Waals surface area contributed by atoms with Crippen LogP contribution in [0.3, 0.4) is 0 Å². The van der Waals surface area contributed by atoms with Gasteiger partial charge >= 0.3 is 6.18 Å². The molecule has 0 unspecified atom stereocenters. The molecule has 0 aliphatic heterocycles. The summed E-state index contributed by atoms with van der Waals surface area (Å²) in [4.78, 5) is 0.216. The summed E-state index contributed by atoms with van der Waals surface area (Å²) in [5.74, 6) is -1.55. The molecule has 0 heterocycles. The highest BCUT2D eigenvalue weighted by atomic mass is 32.2. The Morgan fingerprint density at radius 3 is 2.11 bits per heavy atom. The molecule has 0 amide bonds. The van der Waals surface area contributed by atoms with Gasteiger partial charge in [-0.3, -0.25) is 4.21 Å². The Labute approximate surface area is 165 Å². The first-order valence-electron chi connectivity index (χ1n) is 8.76. The smallest absolute Gasteiger partial charge is 0.380 e. The fraction of sp³-hybridized carbons (Fsp3) is 0.429. The molecular weight excluding hydrogens is 392 g/mol. The third-order valence-corrected chi connectivity index (χ3v) is 6.38. The maximum absolute atomic E-state index is 13.8. The second-order valence-corrected chi connectivity index (χ2v) is 9.30. The third-order valence-electron chi connectivity index (χ3n) is 4.84. The quantitative estimate of drug-likeness (QED) is 0.657. The van der Waals surface area contributed by atoms with E-state index in [0.717, 1.165) is 5.56 Å². The van der Waals surface area contributed by atoms with Crippen LogP contribution in [-0.2, 0) is 16.2 Å². The van der Waals surface area contributed by atoms with Crippen LogP contribution in [0.2, 0.25) is 0 Å². The van der Waals surface area contributed by atoms with Gasteiger partial charge in [0.2, 0.25) is 0 Å². The minimum Gasteiger partial charge on any atom is -0.380 e. The van der Waals surface area contributed by atoms with Gasteiger partial charge in [0, 0.05) is 4.90 Å². The number of benzene rings is 2. The lowest BCUT2D eigenvalue weighted by atomic mass is 9.74. The van der Waals surface area contributed by atoms with Gasteiger partial charge in [-0.25, -0.2) is 4.39 Å². The van der Waals surface area contributed by atoms with E-state index in [1.807, 2.05) is 6.92 Å². The average molecular weight is 416 g/mol. The second kappa shape index (κ2) is 7.95. The van der Waals surface area contributed by atoms with Gasteiger partial charge in [-0.05, 0) is 61.1 Å². The van der Waals surface area contributed by atoms with E-state index in [2.05, 4.69) is 0 Å². The minimum absolute atomic E-state index is 0.216. The molecule has 1 N–H and O–H groups in total. The van der Waals surface area contributed by atoms with Gasteiger partial charge in [0.1, 0.15) is 5.82 Å². The van der Waals surface area contributed by atoms with E-state index in [9.17, 15) is 26.9 Å². The minimum atomic E-state index is -4.99. The van der Waals surface area contributed by atoms with E-state index in [1.54, 1.807) is 19.1 Å². The molecule has 2 aromatic rings. The van der Waals surface area contributed by atoms with Crippen molar-refractivity contribution in [1.29, 1.82) is 0 Å². The molecule has 0 radical (unpaired) electrons. The number of aryl methyl sites for hydroxylation is 2. The van der Waals surface area contributed by atoms with E-state index in [4.69, 9.17) is 0 Å². The molecule has 0 aromatic heterocycles. The fourth-order valence-electron chi connectivity index (χ4n) is 3.37. The standard InChI is InChI=1S/C21H24F4O2S/c1-14-5-9-17(10-6-14)28(27)13-20(26,21(23,24)25)12-19(3,4)18-11-16(22)8-7-15(18)2/h5-11,26H,12-13H2,1-4H3/t20-,28+/m1/s1. The van der Waals surface area contributed by atoms with Crippen molar-refractivity contribution in [3.63, 3.8) is 0 Å². The summed E-state index contributed by atoms with van der Waals surface area (Å²) in [5.41, 5.74) is -2.51. The highest BCUT2D eigenvalue weighted by molar-refractivity contribution is 7.85. The summed E-state index contributed by atoms with van der Waals surface area (Å²) in [6.07, 6.45) is -5.74. The van der Waals surface area contributed by atoms with Gasteiger partial charge in [0.25, 0.3) is 0 Å². The van der Waals surface area contributed by atoms with Gasteiger partial charge < -0.3 is 5.11 Å². The van der Waals surface area contributed by atoms with Crippen LogP contribution in [0.5, 0.6) is 0 Å². The topological polar surface area (TPSA) is 37.3 Å². The van der Waals surface area contributed by atoms with Crippen LogP contribution in [0.4, 0.5) is 17.6 Å². The van der Waals surface area contributed by atoms with Crippen LogP contribution in [0.25, 0.3) is 0 Å². The van der Waals surface area contributed by atoms with Crippen molar-refractivity contribution in [3.8, 4) is 0 Å². The fourth-order valence-corrected chi connectivity index (χ4v) is 4.68. The van der Waals surface area contributed by atoms with Crippen LogP contribution in [0.15, 0.2) is 47.4 Å². The summed E-state index contributed by atoms with van der Waals surface area (Å²) in [6.45, 7) is 6.51. The Hall–Kier alpha value is -1.73. The Kier molecular flexibility index (Phi) is 6.40. The normalized spacial score (nSPS) is 15.9. The SMILES string of the molecule is Cc1ccc([S@@](=O)C[C@](O)(CC(C)(C)c2cc(F)ccc2C)C(F)(F)F)cc1. The zero-order chi connectivity index (χ0) is 21.3. The average Bonchev–Trinajstić information content (AvgIpc) is 2.56. The number of halogens is 4. The lowest BCUT2D eigenvalue weighted by molar-refractivity contribution is -0.257. The summed E-state index contributed by atoms with van der Waals surface area (Å²) >= 11 is 0. The molecular formula is C21H24F4O2S. The molecule has 0 saturated heterocycles. The molecule has 0 saturated carbocycles. The largest absolute Gasteiger partial charge is 0.418 e. The van der Waals surface area contributed by atoms with Crippen LogP contribution in [-0.4, -0.2) is 26.8 Å². The number of alkyl halides is 3. The Morgan fingerprint density at radius 1 is 1.00 bits per heavy atom. The van der Waals surface area contributed by atoms with Crippen molar-refractivity contribution in [1.82, 2.24) is 0 Å². The van der Waals surface area contributed by atoms with Gasteiger partial charge in [-0.15, -0.1) is 0 Å². The molecule has 0 aliphatic carbocycles. The summed E-state index contributed by atoms with van der Waals surface area (Å²) < 4.78 is 67.7. The Bertz CT molecular complexity index is 860. The van der Waals surface area contributed by atoms with Crippen LogP contribution in [0.1, 0.15) is 37.0 Å².